The maximum atomic E-state index is 12.1. The summed E-state index contributed by atoms with van der Waals surface area (Å²) in [6, 6.07) is 0. The highest BCUT2D eigenvalue weighted by Gasteiger charge is 2.21. The monoisotopic (exact) mass is 393 g/mol. The van der Waals surface area contributed by atoms with Crippen molar-refractivity contribution < 1.29 is 14.3 Å². The normalized spacial score (nSPS) is 15.4. The molecule has 0 saturated carbocycles. The number of thiophene rings is 1. The summed E-state index contributed by atoms with van der Waals surface area (Å²) in [4.78, 5) is 36.7. The highest BCUT2D eigenvalue weighted by molar-refractivity contribution is 8.00. The molecule has 2 aromatic heterocycles. The molecule has 3 heterocycles. The van der Waals surface area contributed by atoms with Crippen LogP contribution in [0.15, 0.2) is 11.4 Å². The van der Waals surface area contributed by atoms with Crippen molar-refractivity contribution in [3.05, 3.63) is 16.8 Å². The number of piperidine rings is 1. The van der Waals surface area contributed by atoms with E-state index in [9.17, 15) is 9.59 Å². The maximum Gasteiger partial charge on any atom is 0.316 e. The summed E-state index contributed by atoms with van der Waals surface area (Å²) >= 11 is 2.96. The second-order valence-electron chi connectivity index (χ2n) is 6.65. The van der Waals surface area contributed by atoms with E-state index in [2.05, 4.69) is 23.8 Å². The highest BCUT2D eigenvalue weighted by atomic mass is 32.2. The van der Waals surface area contributed by atoms with Crippen molar-refractivity contribution in [2.24, 2.45) is 5.92 Å². The molecule has 1 saturated heterocycles. The average molecular weight is 394 g/mol. The Bertz CT molecular complexity index is 813. The van der Waals surface area contributed by atoms with Crippen LogP contribution in [0.1, 0.15) is 30.2 Å². The van der Waals surface area contributed by atoms with Crippen LogP contribution >= 0.6 is 23.1 Å². The van der Waals surface area contributed by atoms with Gasteiger partial charge in [0.05, 0.1) is 5.75 Å². The zero-order valence-electron chi connectivity index (χ0n) is 15.3. The number of ether oxygens (including phenoxy) is 1. The number of carbonyl (C=O) groups is 2. The van der Waals surface area contributed by atoms with Crippen molar-refractivity contribution >= 4 is 45.2 Å². The molecule has 0 unspecified atom stereocenters. The fourth-order valence-corrected chi connectivity index (χ4v) is 4.84. The van der Waals surface area contributed by atoms with Crippen molar-refractivity contribution in [1.82, 2.24) is 14.9 Å². The number of hydrogen-bond donors (Lipinski definition) is 0. The van der Waals surface area contributed by atoms with Crippen LogP contribution in [-0.4, -0.2) is 52.2 Å². The molecule has 1 aliphatic heterocycles. The molecule has 8 heteroatoms. The first-order valence-corrected chi connectivity index (χ1v) is 10.5. The number of likely N-dealkylation sites (tertiary alicyclic amines) is 1. The van der Waals surface area contributed by atoms with E-state index in [1.54, 1.807) is 16.2 Å². The highest BCUT2D eigenvalue weighted by Crippen LogP contribution is 2.34. The molecule has 0 atom stereocenters. The van der Waals surface area contributed by atoms with E-state index in [-0.39, 0.29) is 18.3 Å². The van der Waals surface area contributed by atoms with Gasteiger partial charge in [-0.3, -0.25) is 9.59 Å². The van der Waals surface area contributed by atoms with E-state index in [4.69, 9.17) is 4.74 Å². The van der Waals surface area contributed by atoms with Gasteiger partial charge < -0.3 is 9.64 Å². The summed E-state index contributed by atoms with van der Waals surface area (Å²) in [5.41, 5.74) is 1.15. The Hall–Kier alpha value is -1.67. The molecule has 1 aliphatic rings. The number of rotatable bonds is 5. The second-order valence-corrected chi connectivity index (χ2v) is 8.82. The largest absolute Gasteiger partial charge is 0.455 e. The number of aryl methyl sites for hydroxylation is 2. The maximum absolute atomic E-state index is 12.1. The fraction of sp³-hybridized carbons (Fsp3) is 0.556. The van der Waals surface area contributed by atoms with Crippen LogP contribution in [0, 0.1) is 19.8 Å². The summed E-state index contributed by atoms with van der Waals surface area (Å²) in [5, 5.41) is 1.79. The average Bonchev–Trinajstić information content (AvgIpc) is 2.93. The third-order valence-corrected chi connectivity index (χ3v) is 6.83. The first-order chi connectivity index (χ1) is 12.5. The number of fused-ring (bicyclic) bond motifs is 1. The Morgan fingerprint density at radius 3 is 2.77 bits per heavy atom. The van der Waals surface area contributed by atoms with E-state index in [0.717, 1.165) is 46.7 Å². The topological polar surface area (TPSA) is 72.4 Å². The minimum atomic E-state index is -0.398. The van der Waals surface area contributed by atoms with Crippen LogP contribution in [0.5, 0.6) is 0 Å². The molecule has 6 nitrogen and oxygen atoms in total. The minimum Gasteiger partial charge on any atom is -0.455 e. The predicted molar refractivity (Wildman–Crippen MR) is 104 cm³/mol. The fourth-order valence-electron chi connectivity index (χ4n) is 2.92. The van der Waals surface area contributed by atoms with E-state index in [0.29, 0.717) is 5.92 Å². The van der Waals surface area contributed by atoms with Crippen molar-refractivity contribution in [2.45, 2.75) is 38.6 Å². The van der Waals surface area contributed by atoms with Gasteiger partial charge in [0.1, 0.15) is 16.2 Å². The molecule has 140 valence electrons. The Morgan fingerprint density at radius 2 is 2.04 bits per heavy atom. The summed E-state index contributed by atoms with van der Waals surface area (Å²) < 4.78 is 5.16. The van der Waals surface area contributed by atoms with Gasteiger partial charge in [-0.05, 0) is 38.2 Å². The van der Waals surface area contributed by atoms with E-state index in [1.807, 2.05) is 6.92 Å². The number of nitrogens with zero attached hydrogens (tertiary/aromatic N) is 3. The number of hydrogen-bond acceptors (Lipinski definition) is 7. The summed E-state index contributed by atoms with van der Waals surface area (Å²) in [6.07, 6.45) is 3.55. The molecule has 1 fully saturated rings. The van der Waals surface area contributed by atoms with Crippen molar-refractivity contribution in [1.29, 1.82) is 0 Å². The number of amides is 1. The van der Waals surface area contributed by atoms with Crippen LogP contribution in [0.4, 0.5) is 0 Å². The minimum absolute atomic E-state index is 0.107. The van der Waals surface area contributed by atoms with Crippen LogP contribution < -0.4 is 0 Å². The molecule has 2 aromatic rings. The van der Waals surface area contributed by atoms with Gasteiger partial charge in [-0.15, -0.1) is 11.3 Å². The van der Waals surface area contributed by atoms with Gasteiger partial charge in [-0.2, -0.15) is 0 Å². The molecular formula is C18H23N3O3S2. The first-order valence-electron chi connectivity index (χ1n) is 8.72. The van der Waals surface area contributed by atoms with Gasteiger partial charge in [-0.1, -0.05) is 18.7 Å². The van der Waals surface area contributed by atoms with E-state index < -0.39 is 5.97 Å². The number of aromatic nitrogens is 2. The second kappa shape index (κ2) is 8.35. The van der Waals surface area contributed by atoms with Crippen LogP contribution in [0.25, 0.3) is 10.2 Å². The van der Waals surface area contributed by atoms with Crippen molar-refractivity contribution in [3.63, 3.8) is 0 Å². The Kier molecular flexibility index (Phi) is 6.13. The van der Waals surface area contributed by atoms with E-state index >= 15 is 0 Å². The lowest BCUT2D eigenvalue weighted by molar-refractivity contribution is -0.150. The van der Waals surface area contributed by atoms with Gasteiger partial charge in [0.15, 0.2) is 6.61 Å². The lowest BCUT2D eigenvalue weighted by Gasteiger charge is -2.30. The Labute approximate surface area is 161 Å². The summed E-state index contributed by atoms with van der Waals surface area (Å²) in [7, 11) is 0. The van der Waals surface area contributed by atoms with Gasteiger partial charge in [0.2, 0.25) is 0 Å². The molecule has 0 spiro atoms. The zero-order valence-corrected chi connectivity index (χ0v) is 16.9. The van der Waals surface area contributed by atoms with E-state index in [1.165, 1.54) is 23.0 Å². The lowest BCUT2D eigenvalue weighted by atomic mass is 9.99. The molecule has 0 radical (unpaired) electrons. The van der Waals surface area contributed by atoms with Crippen molar-refractivity contribution in [2.75, 3.05) is 25.4 Å². The quantitative estimate of drug-likeness (QED) is 0.441. The van der Waals surface area contributed by atoms with Crippen LogP contribution in [-0.2, 0) is 14.3 Å². The smallest absolute Gasteiger partial charge is 0.316 e. The molecular weight excluding hydrogens is 370 g/mol. The third kappa shape index (κ3) is 4.35. The molecule has 0 N–H and O–H groups in total. The van der Waals surface area contributed by atoms with Gasteiger partial charge in [0, 0.05) is 23.4 Å². The molecule has 26 heavy (non-hydrogen) atoms. The molecule has 0 aliphatic carbocycles. The number of esters is 1. The van der Waals surface area contributed by atoms with Gasteiger partial charge >= 0.3 is 5.97 Å². The van der Waals surface area contributed by atoms with Gasteiger partial charge in [0.25, 0.3) is 5.91 Å². The predicted octanol–water partition coefficient (Wildman–Crippen LogP) is 3.20. The van der Waals surface area contributed by atoms with Crippen LogP contribution in [0.3, 0.4) is 0 Å². The SMILES string of the molecule is Cc1sc2ncnc(SCC(=O)OCC(=O)N3CCC(C)CC3)c2c1C. The standard InChI is InChI=1S/C18H23N3O3S2/c1-11-4-6-21(7-5-11)14(22)8-24-15(23)9-25-17-16-12(2)13(3)26-18(16)20-10-19-17/h10-11H,4-9H2,1-3H3. The lowest BCUT2D eigenvalue weighted by Crippen LogP contribution is -2.40. The number of thioether (sulfide) groups is 1. The first kappa shape index (κ1) is 19.1. The Balaban J connectivity index is 1.51. The molecule has 0 aromatic carbocycles. The zero-order chi connectivity index (χ0) is 18.7. The van der Waals surface area contributed by atoms with Crippen LogP contribution in [0.2, 0.25) is 0 Å². The molecule has 0 bridgehead atoms. The summed E-state index contributed by atoms with van der Waals surface area (Å²) in [6.45, 7) is 7.61. The molecule has 3 rings (SSSR count). The summed E-state index contributed by atoms with van der Waals surface area (Å²) in [5.74, 6) is 0.283. The molecule has 1 amide bonds. The number of carbonyl (C=O) groups excluding carboxylic acids is 2. The third-order valence-electron chi connectivity index (χ3n) is 4.75. The van der Waals surface area contributed by atoms with Gasteiger partial charge in [-0.25, -0.2) is 9.97 Å². The Morgan fingerprint density at radius 1 is 1.31 bits per heavy atom. The van der Waals surface area contributed by atoms with Crippen molar-refractivity contribution in [3.8, 4) is 0 Å².